The lowest BCUT2D eigenvalue weighted by molar-refractivity contribution is -0.155. The number of hydrogen-bond donors (Lipinski definition) is 1. The van der Waals surface area contributed by atoms with Crippen LogP contribution in [0.4, 0.5) is 4.39 Å². The van der Waals surface area contributed by atoms with E-state index in [2.05, 4.69) is 5.32 Å². The quantitative estimate of drug-likeness (QED) is 0.579. The van der Waals surface area contributed by atoms with Gasteiger partial charge in [0.05, 0.1) is 0 Å². The first kappa shape index (κ1) is 19.6. The molecular weight excluding hydrogens is 273 g/mol. The van der Waals surface area contributed by atoms with Crippen LogP contribution >= 0.6 is 0 Å². The molecule has 0 aliphatic carbocycles. The number of halogens is 1. The van der Waals surface area contributed by atoms with Crippen LogP contribution in [-0.2, 0) is 9.59 Å². The summed E-state index contributed by atoms with van der Waals surface area (Å²) in [4.78, 5) is 24.5. The maximum atomic E-state index is 14.2. The monoisotopic (exact) mass is 301 g/mol. The zero-order chi connectivity index (χ0) is 16.7. The average Bonchev–Trinajstić information content (AvgIpc) is 2.42. The summed E-state index contributed by atoms with van der Waals surface area (Å²) in [6.07, 6.45) is 0.912. The Balaban J connectivity index is 5.62. The Morgan fingerprint density at radius 1 is 1.24 bits per heavy atom. The molecule has 0 heterocycles. The molecule has 0 spiro atoms. The SMILES string of the molecule is CC/C(C)=C(/F)C(=O)N(C(CC(C)C)C(=O)NC)N(C)C. The predicted octanol–water partition coefficient (Wildman–Crippen LogP) is 2.11. The van der Waals surface area contributed by atoms with E-state index in [1.807, 2.05) is 13.8 Å². The summed E-state index contributed by atoms with van der Waals surface area (Å²) in [5, 5.41) is 5.20. The summed E-state index contributed by atoms with van der Waals surface area (Å²) in [6, 6.07) is -0.729. The van der Waals surface area contributed by atoms with Gasteiger partial charge in [0, 0.05) is 21.1 Å². The van der Waals surface area contributed by atoms with Crippen LogP contribution in [-0.4, -0.2) is 49.0 Å². The fourth-order valence-electron chi connectivity index (χ4n) is 1.97. The largest absolute Gasteiger partial charge is 0.357 e. The first-order chi connectivity index (χ1) is 9.67. The molecule has 0 fully saturated rings. The summed E-state index contributed by atoms with van der Waals surface area (Å²) in [7, 11) is 4.77. The zero-order valence-corrected chi connectivity index (χ0v) is 14.2. The predicted molar refractivity (Wildman–Crippen MR) is 81.9 cm³/mol. The van der Waals surface area contributed by atoms with E-state index in [9.17, 15) is 14.0 Å². The lowest BCUT2D eigenvalue weighted by Gasteiger charge is -2.35. The standard InChI is InChI=1S/C15H28FN3O2/c1-8-11(4)13(16)15(21)19(18(6)7)12(9-10(2)3)14(20)17-5/h10,12H,8-9H2,1-7H3,(H,17,20)/b13-11+. The molecule has 0 bridgehead atoms. The highest BCUT2D eigenvalue weighted by molar-refractivity contribution is 5.95. The Labute approximate surface area is 127 Å². The molecule has 2 amide bonds. The van der Waals surface area contributed by atoms with Gasteiger partial charge < -0.3 is 5.32 Å². The van der Waals surface area contributed by atoms with E-state index in [1.165, 1.54) is 17.1 Å². The molecule has 5 nitrogen and oxygen atoms in total. The van der Waals surface area contributed by atoms with Gasteiger partial charge in [-0.3, -0.25) is 14.6 Å². The van der Waals surface area contributed by atoms with E-state index in [-0.39, 0.29) is 11.8 Å². The van der Waals surface area contributed by atoms with Gasteiger partial charge in [0.15, 0.2) is 5.83 Å². The van der Waals surface area contributed by atoms with Crippen LogP contribution in [0.2, 0.25) is 0 Å². The van der Waals surface area contributed by atoms with Gasteiger partial charge >= 0.3 is 0 Å². The Morgan fingerprint density at radius 3 is 2.10 bits per heavy atom. The Bertz CT molecular complexity index is 406. The van der Waals surface area contributed by atoms with Crippen molar-refractivity contribution in [3.8, 4) is 0 Å². The molecule has 0 radical (unpaired) electrons. The topological polar surface area (TPSA) is 52.7 Å². The molecule has 21 heavy (non-hydrogen) atoms. The number of nitrogens with zero attached hydrogens (tertiary/aromatic N) is 2. The van der Waals surface area contributed by atoms with Gasteiger partial charge in [-0.05, 0) is 31.3 Å². The molecule has 122 valence electrons. The van der Waals surface area contributed by atoms with Crippen molar-refractivity contribution < 1.29 is 14.0 Å². The Morgan fingerprint density at radius 2 is 1.76 bits per heavy atom. The number of carbonyl (C=O) groups is 2. The van der Waals surface area contributed by atoms with Crippen LogP contribution < -0.4 is 5.32 Å². The van der Waals surface area contributed by atoms with E-state index < -0.39 is 17.8 Å². The molecule has 0 aliphatic heterocycles. The maximum Gasteiger partial charge on any atom is 0.297 e. The third-order valence-corrected chi connectivity index (χ3v) is 3.27. The first-order valence-electron chi connectivity index (χ1n) is 7.24. The Hall–Kier alpha value is -1.43. The van der Waals surface area contributed by atoms with Crippen molar-refractivity contribution in [1.29, 1.82) is 0 Å². The van der Waals surface area contributed by atoms with Crippen molar-refractivity contribution in [2.45, 2.75) is 46.6 Å². The van der Waals surface area contributed by atoms with E-state index in [4.69, 9.17) is 0 Å². The normalized spacial score (nSPS) is 14.0. The van der Waals surface area contributed by atoms with Crippen molar-refractivity contribution in [3.05, 3.63) is 11.4 Å². The minimum atomic E-state index is -0.788. The van der Waals surface area contributed by atoms with E-state index >= 15 is 0 Å². The number of carbonyl (C=O) groups excluding carboxylic acids is 2. The average molecular weight is 301 g/mol. The zero-order valence-electron chi connectivity index (χ0n) is 14.2. The first-order valence-corrected chi connectivity index (χ1v) is 7.24. The van der Waals surface area contributed by atoms with E-state index in [1.54, 1.807) is 27.9 Å². The molecule has 0 saturated heterocycles. The summed E-state index contributed by atoms with van der Waals surface area (Å²) in [5.41, 5.74) is 0.382. The number of allylic oxidation sites excluding steroid dienone is 1. The summed E-state index contributed by atoms with van der Waals surface area (Å²) in [5.74, 6) is -1.66. The lowest BCUT2D eigenvalue weighted by Crippen LogP contribution is -2.55. The third kappa shape index (κ3) is 5.46. The van der Waals surface area contributed by atoms with Crippen molar-refractivity contribution in [2.24, 2.45) is 5.92 Å². The fraction of sp³-hybridized carbons (Fsp3) is 0.733. The van der Waals surface area contributed by atoms with Crippen molar-refractivity contribution >= 4 is 11.8 Å². The number of amides is 2. The highest BCUT2D eigenvalue weighted by Gasteiger charge is 2.34. The van der Waals surface area contributed by atoms with Crippen LogP contribution in [0.1, 0.15) is 40.5 Å². The van der Waals surface area contributed by atoms with Gasteiger partial charge in [0.2, 0.25) is 5.91 Å². The molecule has 1 atom stereocenters. The van der Waals surface area contributed by atoms with Crippen LogP contribution in [0.15, 0.2) is 11.4 Å². The minimum absolute atomic E-state index is 0.196. The van der Waals surface area contributed by atoms with Gasteiger partial charge in [-0.1, -0.05) is 20.8 Å². The van der Waals surface area contributed by atoms with Crippen LogP contribution in [0, 0.1) is 5.92 Å². The molecule has 6 heteroatoms. The summed E-state index contributed by atoms with van der Waals surface area (Å²) in [6.45, 7) is 7.28. The molecule has 0 aromatic heterocycles. The van der Waals surface area contributed by atoms with Crippen LogP contribution in [0.5, 0.6) is 0 Å². The molecule has 0 aromatic carbocycles. The van der Waals surface area contributed by atoms with Crippen molar-refractivity contribution in [1.82, 2.24) is 15.3 Å². The number of likely N-dealkylation sites (N-methyl/N-ethyl adjacent to an activating group) is 1. The number of nitrogens with one attached hydrogen (secondary N) is 1. The Kier molecular flexibility index (Phi) is 8.17. The van der Waals surface area contributed by atoms with Gasteiger partial charge in [0.1, 0.15) is 6.04 Å². The second kappa shape index (κ2) is 8.77. The molecule has 0 aliphatic rings. The van der Waals surface area contributed by atoms with Gasteiger partial charge in [-0.15, -0.1) is 0 Å². The van der Waals surface area contributed by atoms with E-state index in [0.29, 0.717) is 18.4 Å². The number of hydrogen-bond acceptors (Lipinski definition) is 3. The highest BCUT2D eigenvalue weighted by Crippen LogP contribution is 2.19. The maximum absolute atomic E-state index is 14.2. The van der Waals surface area contributed by atoms with Crippen molar-refractivity contribution in [3.63, 3.8) is 0 Å². The number of rotatable bonds is 7. The summed E-state index contributed by atoms with van der Waals surface area (Å²) < 4.78 is 14.2. The van der Waals surface area contributed by atoms with Crippen molar-refractivity contribution in [2.75, 3.05) is 21.1 Å². The molecule has 1 N–H and O–H groups in total. The fourth-order valence-corrected chi connectivity index (χ4v) is 1.97. The number of hydrazine groups is 1. The lowest BCUT2D eigenvalue weighted by atomic mass is 10.0. The van der Waals surface area contributed by atoms with Gasteiger partial charge in [-0.25, -0.2) is 9.40 Å². The third-order valence-electron chi connectivity index (χ3n) is 3.27. The highest BCUT2D eigenvalue weighted by atomic mass is 19.1. The summed E-state index contributed by atoms with van der Waals surface area (Å²) >= 11 is 0. The molecule has 0 rings (SSSR count). The van der Waals surface area contributed by atoms with Gasteiger partial charge in [0.25, 0.3) is 5.91 Å². The molecular formula is C15H28FN3O2. The van der Waals surface area contributed by atoms with E-state index in [0.717, 1.165) is 0 Å². The second-order valence-corrected chi connectivity index (χ2v) is 5.70. The van der Waals surface area contributed by atoms with Crippen LogP contribution in [0.3, 0.4) is 0 Å². The second-order valence-electron chi connectivity index (χ2n) is 5.70. The minimum Gasteiger partial charge on any atom is -0.357 e. The molecule has 1 unspecified atom stereocenters. The van der Waals surface area contributed by atoms with Gasteiger partial charge in [-0.2, -0.15) is 0 Å². The smallest absolute Gasteiger partial charge is 0.297 e. The molecule has 0 aromatic rings. The van der Waals surface area contributed by atoms with Crippen LogP contribution in [0.25, 0.3) is 0 Å². The molecule has 0 saturated carbocycles.